The number of rotatable bonds is 6. The van der Waals surface area contributed by atoms with E-state index in [1.54, 1.807) is 11.8 Å². The van der Waals surface area contributed by atoms with Crippen LogP contribution < -0.4 is 0 Å². The maximum atomic E-state index is 11.6. The third-order valence-corrected chi connectivity index (χ3v) is 2.77. The van der Waals surface area contributed by atoms with Crippen molar-refractivity contribution in [2.24, 2.45) is 0 Å². The molecule has 0 heterocycles. The lowest BCUT2D eigenvalue weighted by molar-refractivity contribution is 0.0989. The molecular weight excluding hydrogens is 192 g/mol. The molecule has 1 nitrogen and oxygen atoms in total. The van der Waals surface area contributed by atoms with Crippen LogP contribution in [0.1, 0.15) is 16.8 Å². The van der Waals surface area contributed by atoms with Gasteiger partial charge in [-0.05, 0) is 0 Å². The molecule has 0 saturated carbocycles. The van der Waals surface area contributed by atoms with E-state index in [-0.39, 0.29) is 5.78 Å². The van der Waals surface area contributed by atoms with Gasteiger partial charge in [-0.2, -0.15) is 11.8 Å². The first-order valence-corrected chi connectivity index (χ1v) is 5.77. The van der Waals surface area contributed by atoms with Gasteiger partial charge in [-0.25, -0.2) is 0 Å². The van der Waals surface area contributed by atoms with E-state index in [2.05, 4.69) is 6.58 Å². The molecule has 2 heteroatoms. The normalized spacial score (nSPS) is 9.71. The summed E-state index contributed by atoms with van der Waals surface area (Å²) in [6.45, 7) is 3.63. The van der Waals surface area contributed by atoms with Crippen molar-refractivity contribution < 1.29 is 4.79 Å². The SMILES string of the molecule is C=CCSCCC(=O)c1ccccc1. The summed E-state index contributed by atoms with van der Waals surface area (Å²) in [6, 6.07) is 9.43. The first kappa shape index (κ1) is 11.1. The Kier molecular flexibility index (Phi) is 5.08. The minimum absolute atomic E-state index is 0.224. The van der Waals surface area contributed by atoms with Gasteiger partial charge in [0.25, 0.3) is 0 Å². The van der Waals surface area contributed by atoms with E-state index in [1.165, 1.54) is 0 Å². The summed E-state index contributed by atoms with van der Waals surface area (Å²) in [4.78, 5) is 11.6. The molecule has 0 spiro atoms. The number of hydrogen-bond acceptors (Lipinski definition) is 2. The van der Waals surface area contributed by atoms with Crippen LogP contribution in [0.2, 0.25) is 0 Å². The van der Waals surface area contributed by atoms with Crippen molar-refractivity contribution in [2.75, 3.05) is 11.5 Å². The number of carbonyl (C=O) groups is 1. The zero-order chi connectivity index (χ0) is 10.2. The van der Waals surface area contributed by atoms with E-state index < -0.39 is 0 Å². The summed E-state index contributed by atoms with van der Waals surface area (Å²) < 4.78 is 0. The second-order valence-corrected chi connectivity index (χ2v) is 4.05. The summed E-state index contributed by atoms with van der Waals surface area (Å²) in [7, 11) is 0. The number of hydrogen-bond donors (Lipinski definition) is 0. The number of Topliss-reactive ketones (excluding diaryl/α,β-unsaturated/α-hetero) is 1. The van der Waals surface area contributed by atoms with Crippen LogP contribution in [0, 0.1) is 0 Å². The van der Waals surface area contributed by atoms with Crippen LogP contribution >= 0.6 is 11.8 Å². The molecule has 0 aliphatic heterocycles. The molecule has 0 radical (unpaired) electrons. The third kappa shape index (κ3) is 3.79. The molecule has 0 unspecified atom stereocenters. The van der Waals surface area contributed by atoms with E-state index in [1.807, 2.05) is 36.4 Å². The predicted molar refractivity (Wildman–Crippen MR) is 62.9 cm³/mol. The molecule has 0 bridgehead atoms. The van der Waals surface area contributed by atoms with Gasteiger partial charge < -0.3 is 0 Å². The Balaban J connectivity index is 2.32. The van der Waals surface area contributed by atoms with Gasteiger partial charge >= 0.3 is 0 Å². The molecular formula is C12H14OS. The highest BCUT2D eigenvalue weighted by atomic mass is 32.2. The van der Waals surface area contributed by atoms with Gasteiger partial charge in [0.2, 0.25) is 0 Å². The molecule has 1 aromatic rings. The summed E-state index contributed by atoms with van der Waals surface area (Å²) in [5, 5.41) is 0. The number of benzene rings is 1. The van der Waals surface area contributed by atoms with Gasteiger partial charge in [0.1, 0.15) is 0 Å². The Hall–Kier alpha value is -1.02. The van der Waals surface area contributed by atoms with Gasteiger partial charge in [0, 0.05) is 23.5 Å². The largest absolute Gasteiger partial charge is 0.294 e. The standard InChI is InChI=1S/C12H14OS/c1-2-9-14-10-8-12(13)11-6-4-3-5-7-11/h2-7H,1,8-10H2. The first-order chi connectivity index (χ1) is 6.84. The van der Waals surface area contributed by atoms with Crippen LogP contribution in [0.5, 0.6) is 0 Å². The second kappa shape index (κ2) is 6.44. The maximum absolute atomic E-state index is 11.6. The van der Waals surface area contributed by atoms with Gasteiger partial charge in [-0.1, -0.05) is 36.4 Å². The topological polar surface area (TPSA) is 17.1 Å². The summed E-state index contributed by atoms with van der Waals surface area (Å²) in [6.07, 6.45) is 2.47. The highest BCUT2D eigenvalue weighted by molar-refractivity contribution is 7.99. The molecule has 0 saturated heterocycles. The van der Waals surface area contributed by atoms with Crippen LogP contribution in [0.25, 0.3) is 0 Å². The molecule has 0 amide bonds. The van der Waals surface area contributed by atoms with Gasteiger partial charge in [0.15, 0.2) is 5.78 Å². The van der Waals surface area contributed by atoms with Gasteiger partial charge in [-0.15, -0.1) is 6.58 Å². The van der Waals surface area contributed by atoms with Crippen molar-refractivity contribution in [3.8, 4) is 0 Å². The molecule has 0 aromatic heterocycles. The Bertz CT molecular complexity index is 292. The Labute approximate surface area is 89.2 Å². The molecule has 0 aliphatic carbocycles. The smallest absolute Gasteiger partial charge is 0.163 e. The molecule has 14 heavy (non-hydrogen) atoms. The fourth-order valence-corrected chi connectivity index (χ4v) is 1.76. The summed E-state index contributed by atoms with van der Waals surface area (Å²) in [5.41, 5.74) is 0.812. The molecule has 1 aromatic carbocycles. The van der Waals surface area contributed by atoms with Crippen LogP contribution in [0.15, 0.2) is 43.0 Å². The molecule has 0 N–H and O–H groups in total. The highest BCUT2D eigenvalue weighted by Gasteiger charge is 2.03. The van der Waals surface area contributed by atoms with Crippen molar-refractivity contribution in [2.45, 2.75) is 6.42 Å². The average Bonchev–Trinajstić information content (AvgIpc) is 2.25. The summed E-state index contributed by atoms with van der Waals surface area (Å²) in [5.74, 6) is 2.02. The second-order valence-electron chi connectivity index (χ2n) is 2.90. The molecule has 0 aliphatic rings. The van der Waals surface area contributed by atoms with Crippen molar-refractivity contribution in [1.82, 2.24) is 0 Å². The van der Waals surface area contributed by atoms with Gasteiger partial charge in [0.05, 0.1) is 0 Å². The maximum Gasteiger partial charge on any atom is 0.163 e. The summed E-state index contributed by atoms with van der Waals surface area (Å²) >= 11 is 1.74. The van der Waals surface area contributed by atoms with Crippen molar-refractivity contribution >= 4 is 17.5 Å². The Morgan fingerprint density at radius 1 is 1.36 bits per heavy atom. The molecule has 0 atom stereocenters. The quantitative estimate of drug-likeness (QED) is 0.404. The zero-order valence-electron chi connectivity index (χ0n) is 8.11. The van der Waals surface area contributed by atoms with Crippen molar-refractivity contribution in [3.05, 3.63) is 48.6 Å². The fourth-order valence-electron chi connectivity index (χ4n) is 1.10. The van der Waals surface area contributed by atoms with E-state index >= 15 is 0 Å². The molecule has 1 rings (SSSR count). The van der Waals surface area contributed by atoms with Crippen LogP contribution in [-0.2, 0) is 0 Å². The lowest BCUT2D eigenvalue weighted by Crippen LogP contribution is -2.00. The van der Waals surface area contributed by atoms with Crippen LogP contribution in [0.3, 0.4) is 0 Å². The lowest BCUT2D eigenvalue weighted by Gasteiger charge is -1.99. The lowest BCUT2D eigenvalue weighted by atomic mass is 10.1. The average molecular weight is 206 g/mol. The first-order valence-electron chi connectivity index (χ1n) is 4.61. The van der Waals surface area contributed by atoms with Crippen molar-refractivity contribution in [3.63, 3.8) is 0 Å². The zero-order valence-corrected chi connectivity index (χ0v) is 8.93. The number of carbonyl (C=O) groups excluding carboxylic acids is 1. The minimum atomic E-state index is 0.224. The van der Waals surface area contributed by atoms with E-state index in [0.29, 0.717) is 6.42 Å². The van der Waals surface area contributed by atoms with E-state index in [0.717, 1.165) is 17.1 Å². The van der Waals surface area contributed by atoms with E-state index in [9.17, 15) is 4.79 Å². The van der Waals surface area contributed by atoms with Crippen LogP contribution in [-0.4, -0.2) is 17.3 Å². The monoisotopic (exact) mass is 206 g/mol. The minimum Gasteiger partial charge on any atom is -0.294 e. The highest BCUT2D eigenvalue weighted by Crippen LogP contribution is 2.07. The van der Waals surface area contributed by atoms with Gasteiger partial charge in [-0.3, -0.25) is 4.79 Å². The molecule has 0 fully saturated rings. The Morgan fingerprint density at radius 2 is 2.07 bits per heavy atom. The third-order valence-electron chi connectivity index (χ3n) is 1.80. The fraction of sp³-hybridized carbons (Fsp3) is 0.250. The predicted octanol–water partition coefficient (Wildman–Crippen LogP) is 3.18. The number of thioether (sulfide) groups is 1. The van der Waals surface area contributed by atoms with Crippen molar-refractivity contribution in [1.29, 1.82) is 0 Å². The number of ketones is 1. The Morgan fingerprint density at radius 3 is 2.71 bits per heavy atom. The van der Waals surface area contributed by atoms with Crippen LogP contribution in [0.4, 0.5) is 0 Å². The van der Waals surface area contributed by atoms with E-state index in [4.69, 9.17) is 0 Å². The molecule has 74 valence electrons.